The molecular weight excluding hydrogens is 270 g/mol. The smallest absolute Gasteiger partial charge is 0.0496 e. The van der Waals surface area contributed by atoms with E-state index in [1.807, 2.05) is 0 Å². The largest absolute Gasteiger partial charge is 0.341 e. The molecule has 3 heteroatoms. The second-order valence-electron chi connectivity index (χ2n) is 3.93. The van der Waals surface area contributed by atoms with Crippen LogP contribution in [0.3, 0.4) is 0 Å². The van der Waals surface area contributed by atoms with E-state index in [0.29, 0.717) is 6.04 Å². The first-order chi connectivity index (χ1) is 7.15. The number of fused-ring (bicyclic) bond motifs is 1. The molecule has 0 aliphatic heterocycles. The number of hydrogen-bond donors (Lipinski definition) is 1. The van der Waals surface area contributed by atoms with Crippen molar-refractivity contribution in [3.8, 4) is 0 Å². The number of thiol groups is 1. The molecule has 0 atom stereocenters. The zero-order valence-corrected chi connectivity index (χ0v) is 11.3. The zero-order valence-electron chi connectivity index (χ0n) is 8.87. The van der Waals surface area contributed by atoms with Gasteiger partial charge in [0.25, 0.3) is 0 Å². The predicted octanol–water partition coefficient (Wildman–Crippen LogP) is 4.41. The van der Waals surface area contributed by atoms with Crippen LogP contribution in [-0.2, 0) is 5.75 Å². The SMILES string of the molecule is CC(C)n1c(CS)cc2c(Br)cccc21. The molecule has 15 heavy (non-hydrogen) atoms. The van der Waals surface area contributed by atoms with Crippen molar-refractivity contribution in [3.05, 3.63) is 34.4 Å². The van der Waals surface area contributed by atoms with E-state index in [1.165, 1.54) is 16.6 Å². The molecule has 0 bridgehead atoms. The second-order valence-corrected chi connectivity index (χ2v) is 5.10. The molecule has 0 unspecified atom stereocenters. The molecule has 0 aliphatic rings. The summed E-state index contributed by atoms with van der Waals surface area (Å²) < 4.78 is 3.50. The molecule has 0 saturated heterocycles. The maximum atomic E-state index is 4.38. The minimum Gasteiger partial charge on any atom is -0.341 e. The highest BCUT2D eigenvalue weighted by molar-refractivity contribution is 9.10. The molecule has 1 aromatic heterocycles. The summed E-state index contributed by atoms with van der Waals surface area (Å²) in [6, 6.07) is 9.00. The predicted molar refractivity (Wildman–Crippen MR) is 72.7 cm³/mol. The number of aromatic nitrogens is 1. The van der Waals surface area contributed by atoms with Crippen molar-refractivity contribution in [2.24, 2.45) is 0 Å². The van der Waals surface area contributed by atoms with Crippen molar-refractivity contribution in [2.75, 3.05) is 0 Å². The summed E-state index contributed by atoms with van der Waals surface area (Å²) in [5.41, 5.74) is 2.55. The molecule has 2 aromatic rings. The van der Waals surface area contributed by atoms with Gasteiger partial charge in [0.1, 0.15) is 0 Å². The van der Waals surface area contributed by atoms with Crippen LogP contribution in [0.5, 0.6) is 0 Å². The highest BCUT2D eigenvalue weighted by Gasteiger charge is 2.11. The average Bonchev–Trinajstić information content (AvgIpc) is 2.57. The van der Waals surface area contributed by atoms with E-state index in [1.54, 1.807) is 0 Å². The lowest BCUT2D eigenvalue weighted by atomic mass is 10.2. The van der Waals surface area contributed by atoms with Crippen LogP contribution in [-0.4, -0.2) is 4.57 Å². The van der Waals surface area contributed by atoms with Gasteiger partial charge in [-0.3, -0.25) is 0 Å². The van der Waals surface area contributed by atoms with Crippen molar-refractivity contribution in [1.29, 1.82) is 0 Å². The third kappa shape index (κ3) is 1.83. The molecule has 0 saturated carbocycles. The Balaban J connectivity index is 2.80. The number of benzene rings is 1. The molecule has 2 rings (SSSR count). The van der Waals surface area contributed by atoms with E-state index in [2.05, 4.69) is 71.2 Å². The van der Waals surface area contributed by atoms with Gasteiger partial charge >= 0.3 is 0 Å². The van der Waals surface area contributed by atoms with Crippen molar-refractivity contribution >= 4 is 39.5 Å². The molecule has 0 radical (unpaired) electrons. The maximum absolute atomic E-state index is 4.38. The molecule has 0 spiro atoms. The monoisotopic (exact) mass is 283 g/mol. The van der Waals surface area contributed by atoms with E-state index in [-0.39, 0.29) is 0 Å². The highest BCUT2D eigenvalue weighted by Crippen LogP contribution is 2.30. The van der Waals surface area contributed by atoms with Gasteiger partial charge in [0, 0.05) is 32.9 Å². The average molecular weight is 284 g/mol. The summed E-state index contributed by atoms with van der Waals surface area (Å²) in [7, 11) is 0. The Labute approximate surface area is 104 Å². The van der Waals surface area contributed by atoms with E-state index < -0.39 is 0 Å². The lowest BCUT2D eigenvalue weighted by Gasteiger charge is -2.13. The molecule has 1 nitrogen and oxygen atoms in total. The Morgan fingerprint density at radius 3 is 2.73 bits per heavy atom. The zero-order chi connectivity index (χ0) is 11.0. The van der Waals surface area contributed by atoms with Gasteiger partial charge in [0.2, 0.25) is 0 Å². The first kappa shape index (κ1) is 11.1. The number of halogens is 1. The summed E-state index contributed by atoms with van der Waals surface area (Å²) in [5, 5.41) is 1.27. The normalized spacial score (nSPS) is 11.5. The van der Waals surface area contributed by atoms with Gasteiger partial charge in [-0.25, -0.2) is 0 Å². The molecule has 0 fully saturated rings. The molecule has 80 valence electrons. The van der Waals surface area contributed by atoms with E-state index >= 15 is 0 Å². The standard InChI is InChI=1S/C12H14BrNS/c1-8(2)14-9(7-15)6-10-11(13)4-3-5-12(10)14/h3-6,8,15H,7H2,1-2H3. The highest BCUT2D eigenvalue weighted by atomic mass is 79.9. The third-order valence-electron chi connectivity index (χ3n) is 2.59. The van der Waals surface area contributed by atoms with Gasteiger partial charge in [-0.05, 0) is 32.0 Å². The van der Waals surface area contributed by atoms with Gasteiger partial charge in [-0.2, -0.15) is 12.6 Å². The Hall–Kier alpha value is -0.410. The Bertz CT molecular complexity index is 488. The van der Waals surface area contributed by atoms with Crippen molar-refractivity contribution in [2.45, 2.75) is 25.6 Å². The summed E-state index contributed by atoms with van der Waals surface area (Å²) in [6.07, 6.45) is 0. The first-order valence-corrected chi connectivity index (χ1v) is 6.47. The number of hydrogen-bond acceptors (Lipinski definition) is 1. The summed E-state index contributed by atoms with van der Waals surface area (Å²) in [4.78, 5) is 0. The van der Waals surface area contributed by atoms with Crippen molar-refractivity contribution in [3.63, 3.8) is 0 Å². The van der Waals surface area contributed by atoms with Crippen LogP contribution in [0.4, 0.5) is 0 Å². The molecule has 1 heterocycles. The van der Waals surface area contributed by atoms with Gasteiger partial charge in [-0.15, -0.1) is 0 Å². The van der Waals surface area contributed by atoms with E-state index in [9.17, 15) is 0 Å². The van der Waals surface area contributed by atoms with Crippen LogP contribution in [0.15, 0.2) is 28.7 Å². The Morgan fingerprint density at radius 2 is 2.13 bits per heavy atom. The van der Waals surface area contributed by atoms with Crippen molar-refractivity contribution in [1.82, 2.24) is 4.57 Å². The van der Waals surface area contributed by atoms with Gasteiger partial charge in [-0.1, -0.05) is 22.0 Å². The van der Waals surface area contributed by atoms with Crippen LogP contribution in [0.2, 0.25) is 0 Å². The van der Waals surface area contributed by atoms with E-state index in [4.69, 9.17) is 0 Å². The fraction of sp³-hybridized carbons (Fsp3) is 0.333. The summed E-state index contributed by atoms with van der Waals surface area (Å²) in [6.45, 7) is 4.40. The van der Waals surface area contributed by atoms with Crippen molar-refractivity contribution < 1.29 is 0 Å². The van der Waals surface area contributed by atoms with Crippen LogP contribution in [0.25, 0.3) is 10.9 Å². The minimum absolute atomic E-state index is 0.471. The molecule has 0 aliphatic carbocycles. The minimum atomic E-state index is 0.471. The summed E-state index contributed by atoms with van der Waals surface area (Å²) >= 11 is 7.97. The van der Waals surface area contributed by atoms with Gasteiger partial charge in [0.15, 0.2) is 0 Å². The fourth-order valence-electron chi connectivity index (χ4n) is 2.00. The van der Waals surface area contributed by atoms with Gasteiger partial charge in [0.05, 0.1) is 0 Å². The second kappa shape index (κ2) is 4.22. The Morgan fingerprint density at radius 1 is 1.40 bits per heavy atom. The lowest BCUT2D eigenvalue weighted by molar-refractivity contribution is 0.606. The summed E-state index contributed by atoms with van der Waals surface area (Å²) in [5.74, 6) is 0.777. The molecule has 0 amide bonds. The van der Waals surface area contributed by atoms with Crippen LogP contribution >= 0.6 is 28.6 Å². The number of rotatable bonds is 2. The molecule has 1 aromatic carbocycles. The van der Waals surface area contributed by atoms with Gasteiger partial charge < -0.3 is 4.57 Å². The number of nitrogens with zero attached hydrogens (tertiary/aromatic N) is 1. The van der Waals surface area contributed by atoms with Crippen LogP contribution < -0.4 is 0 Å². The van der Waals surface area contributed by atoms with Crippen LogP contribution in [0.1, 0.15) is 25.6 Å². The maximum Gasteiger partial charge on any atom is 0.0496 e. The topological polar surface area (TPSA) is 4.93 Å². The van der Waals surface area contributed by atoms with Crippen LogP contribution in [0, 0.1) is 0 Å². The first-order valence-electron chi connectivity index (χ1n) is 5.04. The fourth-order valence-corrected chi connectivity index (χ4v) is 2.71. The Kier molecular flexibility index (Phi) is 3.12. The third-order valence-corrected chi connectivity index (χ3v) is 3.60. The quantitative estimate of drug-likeness (QED) is 0.779. The lowest BCUT2D eigenvalue weighted by Crippen LogP contribution is -2.03. The molecule has 0 N–H and O–H groups in total. The molecular formula is C12H14BrNS. The van der Waals surface area contributed by atoms with E-state index in [0.717, 1.165) is 10.2 Å².